The van der Waals surface area contributed by atoms with Gasteiger partial charge >= 0.3 is 11.9 Å². The van der Waals surface area contributed by atoms with Crippen molar-refractivity contribution in [3.63, 3.8) is 0 Å². The number of aliphatic carboxylic acids is 2. The van der Waals surface area contributed by atoms with Crippen LogP contribution in [0.3, 0.4) is 0 Å². The minimum absolute atomic E-state index is 0.714. The van der Waals surface area contributed by atoms with Crippen molar-refractivity contribution in [3.05, 3.63) is 23.8 Å². The molecule has 8 nitrogen and oxygen atoms in total. The van der Waals surface area contributed by atoms with Crippen LogP contribution in [0.4, 0.5) is 0 Å². The smallest absolute Gasteiger partial charge is 0.414 e. The van der Waals surface area contributed by atoms with Crippen LogP contribution in [0, 0.1) is 6.92 Å². The molecule has 1 fully saturated rings. The lowest BCUT2D eigenvalue weighted by Gasteiger charge is -2.33. The van der Waals surface area contributed by atoms with Crippen LogP contribution in [0.1, 0.15) is 12.5 Å². The van der Waals surface area contributed by atoms with E-state index in [0.29, 0.717) is 6.61 Å². The van der Waals surface area contributed by atoms with Crippen molar-refractivity contribution in [2.24, 2.45) is 0 Å². The first kappa shape index (κ1) is 21.7. The third-order valence-corrected chi connectivity index (χ3v) is 4.08. The minimum atomic E-state index is -1.82. The number of rotatable bonds is 6. The molecule has 8 heteroatoms. The highest BCUT2D eigenvalue weighted by atomic mass is 16.5. The zero-order valence-electron chi connectivity index (χ0n) is 15.6. The number of hydrogen-bond acceptors (Lipinski definition) is 6. The topological polar surface area (TPSA) is 99.5 Å². The number of likely N-dealkylation sites (N-methyl/N-ethyl adjacent to an activating group) is 1. The Morgan fingerprint density at radius 2 is 1.62 bits per heavy atom. The third kappa shape index (κ3) is 7.71. The summed E-state index contributed by atoms with van der Waals surface area (Å²) in [5, 5.41) is 14.8. The van der Waals surface area contributed by atoms with Gasteiger partial charge in [0.1, 0.15) is 6.61 Å². The lowest BCUT2D eigenvalue weighted by Crippen LogP contribution is -2.47. The van der Waals surface area contributed by atoms with Crippen molar-refractivity contribution in [3.8, 4) is 11.5 Å². The number of hydrogen-bond donors (Lipinski definition) is 2. The predicted octanol–water partition coefficient (Wildman–Crippen LogP) is 1.18. The van der Waals surface area contributed by atoms with E-state index in [1.165, 1.54) is 18.7 Å². The largest absolute Gasteiger partial charge is 0.493 e. The van der Waals surface area contributed by atoms with Gasteiger partial charge in [-0.15, -0.1) is 0 Å². The zero-order chi connectivity index (χ0) is 19.5. The van der Waals surface area contributed by atoms with Crippen molar-refractivity contribution < 1.29 is 29.3 Å². The monoisotopic (exact) mass is 368 g/mol. The first-order valence-electron chi connectivity index (χ1n) is 8.55. The standard InChI is InChI=1S/C16H26N2O2.C2H2O4/c1-4-17-7-9-18(10-8-17)11-12-20-15-6-5-14(2)13-16(15)19-3;3-1(4)2(5)6/h5-6,13H,4,7-12H2,1-3H3;(H,3,4)(H,5,6). The molecule has 0 atom stereocenters. The van der Waals surface area contributed by atoms with Crippen molar-refractivity contribution in [1.82, 2.24) is 9.80 Å². The van der Waals surface area contributed by atoms with Crippen LogP contribution in [0.25, 0.3) is 0 Å². The van der Waals surface area contributed by atoms with Gasteiger partial charge in [-0.05, 0) is 31.2 Å². The Labute approximate surface area is 153 Å². The fraction of sp³-hybridized carbons (Fsp3) is 0.556. The summed E-state index contributed by atoms with van der Waals surface area (Å²) in [4.78, 5) is 23.2. The number of carboxylic acid groups (broad SMARTS) is 2. The number of methoxy groups -OCH3 is 1. The molecule has 1 aliphatic heterocycles. The summed E-state index contributed by atoms with van der Waals surface area (Å²) in [5.41, 5.74) is 1.19. The molecule has 1 aromatic carbocycles. The van der Waals surface area contributed by atoms with Gasteiger partial charge in [-0.3, -0.25) is 4.90 Å². The molecule has 0 aliphatic carbocycles. The first-order valence-corrected chi connectivity index (χ1v) is 8.55. The van der Waals surface area contributed by atoms with E-state index in [2.05, 4.69) is 29.7 Å². The Bertz CT molecular complexity index is 573. The normalized spacial score (nSPS) is 14.9. The number of nitrogens with zero attached hydrogens (tertiary/aromatic N) is 2. The summed E-state index contributed by atoms with van der Waals surface area (Å²) in [6, 6.07) is 6.05. The van der Waals surface area contributed by atoms with E-state index in [4.69, 9.17) is 29.3 Å². The lowest BCUT2D eigenvalue weighted by atomic mass is 10.2. The summed E-state index contributed by atoms with van der Waals surface area (Å²) in [6.07, 6.45) is 0. The molecule has 146 valence electrons. The van der Waals surface area contributed by atoms with Gasteiger partial charge in [-0.2, -0.15) is 0 Å². The Balaban J connectivity index is 0.000000487. The van der Waals surface area contributed by atoms with Crippen LogP contribution in [0.5, 0.6) is 11.5 Å². The predicted molar refractivity (Wildman–Crippen MR) is 97.1 cm³/mol. The van der Waals surface area contributed by atoms with E-state index < -0.39 is 11.9 Å². The maximum absolute atomic E-state index is 9.10. The summed E-state index contributed by atoms with van der Waals surface area (Å²) < 4.78 is 11.2. The molecular formula is C18H28N2O6. The highest BCUT2D eigenvalue weighted by Crippen LogP contribution is 2.27. The second-order valence-electron chi connectivity index (χ2n) is 5.89. The molecular weight excluding hydrogens is 340 g/mol. The van der Waals surface area contributed by atoms with Crippen LogP contribution < -0.4 is 9.47 Å². The van der Waals surface area contributed by atoms with Crippen LogP contribution in [-0.4, -0.2) is 84.9 Å². The lowest BCUT2D eigenvalue weighted by molar-refractivity contribution is -0.159. The molecule has 0 saturated carbocycles. The fourth-order valence-electron chi connectivity index (χ4n) is 2.51. The first-order chi connectivity index (χ1) is 12.4. The van der Waals surface area contributed by atoms with Gasteiger partial charge in [0, 0.05) is 32.7 Å². The highest BCUT2D eigenvalue weighted by Gasteiger charge is 2.15. The molecule has 0 bridgehead atoms. The van der Waals surface area contributed by atoms with Crippen LogP contribution in [0.15, 0.2) is 18.2 Å². The molecule has 0 radical (unpaired) electrons. The van der Waals surface area contributed by atoms with Crippen LogP contribution in [0.2, 0.25) is 0 Å². The van der Waals surface area contributed by atoms with Gasteiger partial charge < -0.3 is 24.6 Å². The van der Waals surface area contributed by atoms with E-state index in [-0.39, 0.29) is 0 Å². The molecule has 0 unspecified atom stereocenters. The van der Waals surface area contributed by atoms with Gasteiger partial charge in [-0.25, -0.2) is 9.59 Å². The zero-order valence-corrected chi connectivity index (χ0v) is 15.6. The number of benzene rings is 1. The van der Waals surface area contributed by atoms with E-state index in [1.54, 1.807) is 7.11 Å². The molecule has 2 rings (SSSR count). The molecule has 0 spiro atoms. The van der Waals surface area contributed by atoms with E-state index in [1.807, 2.05) is 12.1 Å². The van der Waals surface area contributed by atoms with Gasteiger partial charge in [0.05, 0.1) is 7.11 Å². The van der Waals surface area contributed by atoms with Crippen molar-refractivity contribution in [2.75, 3.05) is 53.0 Å². The van der Waals surface area contributed by atoms with E-state index in [9.17, 15) is 0 Å². The quantitative estimate of drug-likeness (QED) is 0.722. The molecule has 1 aromatic rings. The van der Waals surface area contributed by atoms with Crippen molar-refractivity contribution >= 4 is 11.9 Å². The average molecular weight is 368 g/mol. The number of carboxylic acids is 2. The van der Waals surface area contributed by atoms with E-state index in [0.717, 1.165) is 37.7 Å². The van der Waals surface area contributed by atoms with Crippen LogP contribution in [-0.2, 0) is 9.59 Å². The Morgan fingerprint density at radius 1 is 1.04 bits per heavy atom. The Morgan fingerprint density at radius 3 is 2.12 bits per heavy atom. The van der Waals surface area contributed by atoms with Crippen LogP contribution >= 0.6 is 0 Å². The summed E-state index contributed by atoms with van der Waals surface area (Å²) >= 11 is 0. The Hall–Kier alpha value is -2.32. The molecule has 26 heavy (non-hydrogen) atoms. The maximum Gasteiger partial charge on any atom is 0.414 e. The second kappa shape index (κ2) is 11.3. The number of aryl methyl sites for hydroxylation is 1. The summed E-state index contributed by atoms with van der Waals surface area (Å²) in [5.74, 6) is -1.99. The molecule has 1 heterocycles. The van der Waals surface area contributed by atoms with Gasteiger partial charge in [0.2, 0.25) is 0 Å². The minimum Gasteiger partial charge on any atom is -0.493 e. The summed E-state index contributed by atoms with van der Waals surface area (Å²) in [6.45, 7) is 11.8. The summed E-state index contributed by atoms with van der Waals surface area (Å²) in [7, 11) is 1.69. The van der Waals surface area contributed by atoms with Crippen molar-refractivity contribution in [1.29, 1.82) is 0 Å². The molecule has 1 saturated heterocycles. The average Bonchev–Trinajstić information content (AvgIpc) is 2.63. The van der Waals surface area contributed by atoms with Gasteiger partial charge in [0.25, 0.3) is 0 Å². The SMILES string of the molecule is CCN1CCN(CCOc2ccc(C)cc2OC)CC1.O=C(O)C(=O)O. The Kier molecular flexibility index (Phi) is 9.46. The molecule has 1 aliphatic rings. The fourth-order valence-corrected chi connectivity index (χ4v) is 2.51. The van der Waals surface area contributed by atoms with Crippen molar-refractivity contribution in [2.45, 2.75) is 13.8 Å². The van der Waals surface area contributed by atoms with E-state index >= 15 is 0 Å². The van der Waals surface area contributed by atoms with Gasteiger partial charge in [0.15, 0.2) is 11.5 Å². The molecule has 2 N–H and O–H groups in total. The molecule has 0 aromatic heterocycles. The third-order valence-electron chi connectivity index (χ3n) is 4.08. The highest BCUT2D eigenvalue weighted by molar-refractivity contribution is 6.27. The molecule has 0 amide bonds. The maximum atomic E-state index is 9.10. The number of carbonyl (C=O) groups is 2. The van der Waals surface area contributed by atoms with Gasteiger partial charge in [-0.1, -0.05) is 13.0 Å². The second-order valence-corrected chi connectivity index (χ2v) is 5.89. The number of ether oxygens (including phenoxy) is 2. The number of piperazine rings is 1.